The predicted octanol–water partition coefficient (Wildman–Crippen LogP) is 8.83. The predicted molar refractivity (Wildman–Crippen MR) is 175 cm³/mol. The molecule has 0 spiro atoms. The van der Waals surface area contributed by atoms with Crippen molar-refractivity contribution >= 4 is 37.1 Å². The molecule has 0 aromatic heterocycles. The molecule has 0 aliphatic rings. The van der Waals surface area contributed by atoms with Crippen LogP contribution in [0.2, 0.25) is 0 Å². The first-order valence-electron chi connectivity index (χ1n) is 14.3. The van der Waals surface area contributed by atoms with Gasteiger partial charge in [-0.1, -0.05) is 145 Å². The Hall–Kier alpha value is -2.26. The summed E-state index contributed by atoms with van der Waals surface area (Å²) < 4.78 is 0. The molecule has 0 amide bonds. The lowest BCUT2D eigenvalue weighted by Crippen LogP contribution is -2.14. The highest BCUT2D eigenvalue weighted by molar-refractivity contribution is 7.73. The van der Waals surface area contributed by atoms with Gasteiger partial charge in [0.2, 0.25) is 0 Å². The second-order valence-corrected chi connectivity index (χ2v) is 15.4. The minimum absolute atomic E-state index is 0.266. The fourth-order valence-corrected chi connectivity index (χ4v) is 9.70. The van der Waals surface area contributed by atoms with Crippen LogP contribution in [0.4, 0.5) is 0 Å². The van der Waals surface area contributed by atoms with E-state index in [0.29, 0.717) is 0 Å². The lowest BCUT2D eigenvalue weighted by atomic mass is 10.1. The molecule has 0 bridgehead atoms. The molecule has 0 nitrogen and oxygen atoms in total. The van der Waals surface area contributed by atoms with Crippen LogP contribution in [0, 0.1) is 27.7 Å². The van der Waals surface area contributed by atoms with E-state index in [2.05, 4.69) is 125 Å². The van der Waals surface area contributed by atoms with Crippen LogP contribution in [-0.4, -0.2) is 12.3 Å². The molecule has 0 N–H and O–H groups in total. The molecule has 0 saturated carbocycles. The topological polar surface area (TPSA) is 0 Å². The van der Waals surface area contributed by atoms with E-state index < -0.39 is 0 Å². The standard InChI is InChI=1S/C36H44P2/c1-29-11-19-33(20-12-29)37(34-21-13-30(2)14-22-34)27-9-7-5-6-8-10-28-38(35-23-15-31(3)16-24-35)36-25-17-32(4)18-26-36/h11-26H,5-10,27-28H2,1-4H3. The van der Waals surface area contributed by atoms with Gasteiger partial charge in [0, 0.05) is 0 Å². The summed E-state index contributed by atoms with van der Waals surface area (Å²) in [4.78, 5) is 0. The third kappa shape index (κ3) is 8.63. The molecule has 0 atom stereocenters. The molecule has 4 aromatic carbocycles. The van der Waals surface area contributed by atoms with Gasteiger partial charge in [0.15, 0.2) is 0 Å². The SMILES string of the molecule is Cc1ccc(P(CCCCCCCCP(c2ccc(C)cc2)c2ccc(C)cc2)c2ccc(C)cc2)cc1. The Balaban J connectivity index is 1.25. The van der Waals surface area contributed by atoms with Crippen molar-refractivity contribution in [2.75, 3.05) is 12.3 Å². The van der Waals surface area contributed by atoms with Crippen molar-refractivity contribution in [2.24, 2.45) is 0 Å². The first kappa shape index (κ1) is 28.7. The highest BCUT2D eigenvalue weighted by Gasteiger charge is 2.15. The van der Waals surface area contributed by atoms with Gasteiger partial charge in [0.05, 0.1) is 0 Å². The Kier molecular flexibility index (Phi) is 11.2. The number of hydrogen-bond donors (Lipinski definition) is 0. The van der Waals surface area contributed by atoms with Gasteiger partial charge in [-0.2, -0.15) is 0 Å². The van der Waals surface area contributed by atoms with Crippen molar-refractivity contribution < 1.29 is 0 Å². The van der Waals surface area contributed by atoms with Gasteiger partial charge in [-0.25, -0.2) is 0 Å². The van der Waals surface area contributed by atoms with E-state index >= 15 is 0 Å². The van der Waals surface area contributed by atoms with Gasteiger partial charge < -0.3 is 0 Å². The molecular weight excluding hydrogens is 494 g/mol. The van der Waals surface area contributed by atoms with E-state index in [1.54, 1.807) is 0 Å². The molecule has 4 rings (SSSR count). The number of benzene rings is 4. The Morgan fingerprint density at radius 2 is 0.526 bits per heavy atom. The van der Waals surface area contributed by atoms with Crippen molar-refractivity contribution in [2.45, 2.75) is 66.2 Å². The first-order chi connectivity index (χ1) is 18.5. The normalized spacial score (nSPS) is 11.4. The number of rotatable bonds is 13. The Bertz CT molecular complexity index is 1030. The molecule has 4 aromatic rings. The van der Waals surface area contributed by atoms with Crippen molar-refractivity contribution in [1.29, 1.82) is 0 Å². The van der Waals surface area contributed by atoms with Crippen LogP contribution in [0.25, 0.3) is 0 Å². The lowest BCUT2D eigenvalue weighted by Gasteiger charge is -2.20. The van der Waals surface area contributed by atoms with E-state index in [1.807, 2.05) is 0 Å². The average molecular weight is 539 g/mol. The largest absolute Gasteiger partial charge is 0.0587 e. The fraction of sp³-hybridized carbons (Fsp3) is 0.333. The summed E-state index contributed by atoms with van der Waals surface area (Å²) in [5.41, 5.74) is 5.39. The molecule has 0 fully saturated rings. The van der Waals surface area contributed by atoms with E-state index in [0.717, 1.165) is 0 Å². The van der Waals surface area contributed by atoms with Crippen LogP contribution in [0.15, 0.2) is 97.1 Å². The van der Waals surface area contributed by atoms with Gasteiger partial charge in [0.1, 0.15) is 0 Å². The molecule has 0 saturated heterocycles. The molecule has 0 aliphatic carbocycles. The molecule has 0 radical (unpaired) electrons. The van der Waals surface area contributed by atoms with E-state index in [4.69, 9.17) is 0 Å². The quantitative estimate of drug-likeness (QED) is 0.118. The third-order valence-electron chi connectivity index (χ3n) is 7.40. The molecule has 2 heteroatoms. The maximum absolute atomic E-state index is 2.36. The summed E-state index contributed by atoms with van der Waals surface area (Å²) in [6, 6.07) is 37.1. The van der Waals surface area contributed by atoms with Gasteiger partial charge in [-0.15, -0.1) is 0 Å². The first-order valence-corrected chi connectivity index (χ1v) is 17.4. The van der Waals surface area contributed by atoms with Crippen molar-refractivity contribution in [1.82, 2.24) is 0 Å². The monoisotopic (exact) mass is 538 g/mol. The van der Waals surface area contributed by atoms with Crippen LogP contribution in [-0.2, 0) is 0 Å². The van der Waals surface area contributed by atoms with Crippen LogP contribution >= 0.6 is 15.8 Å². The van der Waals surface area contributed by atoms with E-state index in [9.17, 15) is 0 Å². The van der Waals surface area contributed by atoms with Gasteiger partial charge in [0.25, 0.3) is 0 Å². The van der Waals surface area contributed by atoms with Crippen LogP contribution in [0.1, 0.15) is 60.8 Å². The fourth-order valence-electron chi connectivity index (χ4n) is 4.96. The van der Waals surface area contributed by atoms with Crippen LogP contribution in [0.3, 0.4) is 0 Å². The summed E-state index contributed by atoms with van der Waals surface area (Å²) in [6.45, 7) is 8.73. The Labute approximate surface area is 234 Å². The van der Waals surface area contributed by atoms with E-state index in [-0.39, 0.29) is 15.8 Å². The summed E-state index contributed by atoms with van der Waals surface area (Å²) in [5.74, 6) is 0. The maximum atomic E-state index is 2.36. The third-order valence-corrected chi connectivity index (χ3v) is 12.6. The number of hydrogen-bond acceptors (Lipinski definition) is 0. The van der Waals surface area contributed by atoms with Crippen molar-refractivity contribution in [3.8, 4) is 0 Å². The molecule has 0 aliphatic heterocycles. The smallest absolute Gasteiger partial charge is 0.0195 e. The summed E-state index contributed by atoms with van der Waals surface area (Å²) >= 11 is 0. The van der Waals surface area contributed by atoms with Crippen molar-refractivity contribution in [3.63, 3.8) is 0 Å². The number of unbranched alkanes of at least 4 members (excludes halogenated alkanes) is 5. The highest BCUT2D eigenvalue weighted by Crippen LogP contribution is 2.36. The summed E-state index contributed by atoms with van der Waals surface area (Å²) in [7, 11) is -0.531. The summed E-state index contributed by atoms with van der Waals surface area (Å²) in [6.07, 6.45) is 10.7. The molecule has 198 valence electrons. The van der Waals surface area contributed by atoms with Crippen LogP contribution in [0.5, 0.6) is 0 Å². The molecular formula is C36H44P2. The Morgan fingerprint density at radius 1 is 0.316 bits per heavy atom. The highest BCUT2D eigenvalue weighted by atomic mass is 31.1. The van der Waals surface area contributed by atoms with Gasteiger partial charge in [-0.05, 0) is 89.9 Å². The molecule has 0 heterocycles. The zero-order valence-corrected chi connectivity index (χ0v) is 25.6. The molecule has 38 heavy (non-hydrogen) atoms. The Morgan fingerprint density at radius 3 is 0.763 bits per heavy atom. The van der Waals surface area contributed by atoms with E-state index in [1.165, 1.54) is 94.3 Å². The van der Waals surface area contributed by atoms with Crippen molar-refractivity contribution in [3.05, 3.63) is 119 Å². The minimum atomic E-state index is -0.266. The lowest BCUT2D eigenvalue weighted by molar-refractivity contribution is 0.628. The zero-order valence-electron chi connectivity index (χ0n) is 23.8. The zero-order chi connectivity index (χ0) is 26.7. The summed E-state index contributed by atoms with van der Waals surface area (Å²) in [5, 5.41) is 6.09. The second-order valence-electron chi connectivity index (χ2n) is 10.8. The molecule has 0 unspecified atom stereocenters. The van der Waals surface area contributed by atoms with Gasteiger partial charge in [-0.3, -0.25) is 0 Å². The number of aryl methyl sites for hydroxylation is 4. The van der Waals surface area contributed by atoms with Gasteiger partial charge >= 0.3 is 0 Å². The second kappa shape index (κ2) is 14.8. The van der Waals surface area contributed by atoms with Crippen LogP contribution < -0.4 is 21.2 Å². The minimum Gasteiger partial charge on any atom is -0.0587 e. The average Bonchev–Trinajstić information content (AvgIpc) is 2.93. The maximum Gasteiger partial charge on any atom is -0.0195 e.